The van der Waals surface area contributed by atoms with Crippen molar-refractivity contribution in [3.05, 3.63) is 69.4 Å². The van der Waals surface area contributed by atoms with Gasteiger partial charge in [0.2, 0.25) is 0 Å². The van der Waals surface area contributed by atoms with E-state index in [4.69, 9.17) is 0 Å². The molecule has 0 atom stereocenters. The maximum atomic E-state index is 14.5. The molecule has 0 radical (unpaired) electrons. The Hall–Kier alpha value is -2.63. The normalized spacial score (nSPS) is 11.1. The van der Waals surface area contributed by atoms with Gasteiger partial charge in [-0.2, -0.15) is 0 Å². The molecule has 1 aromatic carbocycles. The van der Waals surface area contributed by atoms with Crippen molar-refractivity contribution >= 4 is 39.9 Å². The van der Waals surface area contributed by atoms with Gasteiger partial charge in [0.05, 0.1) is 36.2 Å². The zero-order chi connectivity index (χ0) is 23.3. The Bertz CT molecular complexity index is 1110. The Kier molecular flexibility index (Phi) is 8.10. The van der Waals surface area contributed by atoms with Crippen LogP contribution in [0.3, 0.4) is 0 Å². The first-order chi connectivity index (χ1) is 15.3. The zero-order valence-electron chi connectivity index (χ0n) is 17.6. The molecule has 2 heterocycles. The lowest BCUT2D eigenvalue weighted by atomic mass is 10.0. The number of aromatic nitrogens is 2. The smallest absolute Gasteiger partial charge is 0.255 e. The van der Waals surface area contributed by atoms with Crippen LogP contribution in [0.2, 0.25) is 0 Å². The average molecular weight is 550 g/mol. The molecule has 0 saturated heterocycles. The summed E-state index contributed by atoms with van der Waals surface area (Å²) in [5, 5.41) is 24.4. The molecule has 1 amide bonds. The van der Waals surface area contributed by atoms with Gasteiger partial charge in [-0.15, -0.1) is 0 Å². The molecule has 0 saturated carbocycles. The number of anilines is 2. The number of nitrogens with one attached hydrogen (secondary N) is 2. The molecule has 0 unspecified atom stereocenters. The first kappa shape index (κ1) is 24.0. The SMILES string of the molecule is CC(C)c1cnc(-c2cc(I)ccc2F)cc1Nc1ccncc1C(=O)NC(CO)CO. The minimum Gasteiger partial charge on any atom is -0.394 e. The number of pyridine rings is 2. The van der Waals surface area contributed by atoms with E-state index in [-0.39, 0.29) is 17.3 Å². The monoisotopic (exact) mass is 550 g/mol. The highest BCUT2D eigenvalue weighted by molar-refractivity contribution is 14.1. The van der Waals surface area contributed by atoms with Crippen molar-refractivity contribution in [3.8, 4) is 11.3 Å². The quantitative estimate of drug-likeness (QED) is 0.318. The predicted molar refractivity (Wildman–Crippen MR) is 129 cm³/mol. The van der Waals surface area contributed by atoms with Crippen molar-refractivity contribution in [1.29, 1.82) is 0 Å². The Morgan fingerprint density at radius 1 is 1.12 bits per heavy atom. The van der Waals surface area contributed by atoms with Crippen LogP contribution in [-0.2, 0) is 0 Å². The first-order valence-corrected chi connectivity index (χ1v) is 11.1. The lowest BCUT2D eigenvalue weighted by Crippen LogP contribution is -2.40. The van der Waals surface area contributed by atoms with E-state index in [0.29, 0.717) is 22.6 Å². The maximum absolute atomic E-state index is 14.5. The van der Waals surface area contributed by atoms with Gasteiger partial charge in [-0.05, 0) is 64.4 Å². The number of hydrogen-bond donors (Lipinski definition) is 4. The van der Waals surface area contributed by atoms with Crippen LogP contribution in [0.5, 0.6) is 0 Å². The second kappa shape index (κ2) is 10.8. The van der Waals surface area contributed by atoms with Gasteiger partial charge in [0, 0.05) is 33.4 Å². The molecule has 0 aliphatic heterocycles. The molecule has 7 nitrogen and oxygen atoms in total. The standard InChI is InChI=1S/C23H24FIN4O3/c1-13(2)17-10-27-21(16-7-14(25)3-4-19(16)24)8-22(17)29-20-5-6-26-9-18(20)23(32)28-15(11-30)12-31/h3-10,13,15,30-31H,11-12H2,1-2H3,(H,28,32)(H,26,27,29). The maximum Gasteiger partial charge on any atom is 0.255 e. The van der Waals surface area contributed by atoms with Gasteiger partial charge in [-0.3, -0.25) is 14.8 Å². The third kappa shape index (κ3) is 5.59. The van der Waals surface area contributed by atoms with E-state index in [0.717, 1.165) is 9.13 Å². The summed E-state index contributed by atoms with van der Waals surface area (Å²) in [6.45, 7) is 3.25. The van der Waals surface area contributed by atoms with Crippen molar-refractivity contribution < 1.29 is 19.4 Å². The van der Waals surface area contributed by atoms with E-state index in [2.05, 4.69) is 43.2 Å². The lowest BCUT2D eigenvalue weighted by Gasteiger charge is -2.19. The Morgan fingerprint density at radius 2 is 1.88 bits per heavy atom. The molecule has 3 aromatic rings. The summed E-state index contributed by atoms with van der Waals surface area (Å²) in [5.74, 6) is -0.742. The Balaban J connectivity index is 2.02. The van der Waals surface area contributed by atoms with Gasteiger partial charge >= 0.3 is 0 Å². The third-order valence-corrected chi connectivity index (χ3v) is 5.54. The summed E-state index contributed by atoms with van der Waals surface area (Å²) >= 11 is 2.12. The summed E-state index contributed by atoms with van der Waals surface area (Å²) in [7, 11) is 0. The topological polar surface area (TPSA) is 107 Å². The molecule has 0 spiro atoms. The minimum absolute atomic E-state index is 0.118. The summed E-state index contributed by atoms with van der Waals surface area (Å²) in [6, 6.07) is 7.46. The lowest BCUT2D eigenvalue weighted by molar-refractivity contribution is 0.0880. The van der Waals surface area contributed by atoms with E-state index >= 15 is 0 Å². The van der Waals surface area contributed by atoms with Crippen molar-refractivity contribution in [2.75, 3.05) is 18.5 Å². The van der Waals surface area contributed by atoms with Crippen molar-refractivity contribution in [3.63, 3.8) is 0 Å². The molecule has 0 aliphatic carbocycles. The number of halogens is 2. The van der Waals surface area contributed by atoms with E-state index in [1.54, 1.807) is 36.7 Å². The highest BCUT2D eigenvalue weighted by Gasteiger charge is 2.18. The highest BCUT2D eigenvalue weighted by atomic mass is 127. The van der Waals surface area contributed by atoms with E-state index in [1.807, 2.05) is 13.8 Å². The minimum atomic E-state index is -0.780. The average Bonchev–Trinajstić information content (AvgIpc) is 2.79. The van der Waals surface area contributed by atoms with Crippen LogP contribution in [0.4, 0.5) is 15.8 Å². The predicted octanol–water partition coefficient (Wildman–Crippen LogP) is 3.84. The number of rotatable bonds is 8. The van der Waals surface area contributed by atoms with Gasteiger partial charge in [-0.1, -0.05) is 13.8 Å². The first-order valence-electron chi connectivity index (χ1n) is 10.0. The van der Waals surface area contributed by atoms with Crippen LogP contribution in [0.1, 0.15) is 35.7 Å². The van der Waals surface area contributed by atoms with E-state index < -0.39 is 25.2 Å². The van der Waals surface area contributed by atoms with E-state index in [1.165, 1.54) is 12.3 Å². The molecule has 3 rings (SSSR count). The van der Waals surface area contributed by atoms with Gasteiger partial charge in [-0.25, -0.2) is 4.39 Å². The van der Waals surface area contributed by atoms with Gasteiger partial charge in [0.1, 0.15) is 5.82 Å². The number of aliphatic hydroxyl groups excluding tert-OH is 2. The largest absolute Gasteiger partial charge is 0.394 e. The molecule has 0 bridgehead atoms. The van der Waals surface area contributed by atoms with Crippen molar-refractivity contribution in [1.82, 2.24) is 15.3 Å². The van der Waals surface area contributed by atoms with Crippen molar-refractivity contribution in [2.45, 2.75) is 25.8 Å². The molecular formula is C23H24FIN4O3. The van der Waals surface area contributed by atoms with Gasteiger partial charge in [0.15, 0.2) is 0 Å². The molecule has 4 N–H and O–H groups in total. The van der Waals surface area contributed by atoms with Gasteiger partial charge < -0.3 is 20.8 Å². The van der Waals surface area contributed by atoms with Crippen LogP contribution in [0.15, 0.2) is 48.9 Å². The fraction of sp³-hybridized carbons (Fsp3) is 0.261. The zero-order valence-corrected chi connectivity index (χ0v) is 19.8. The molecule has 0 fully saturated rings. The second-order valence-corrected chi connectivity index (χ2v) is 8.76. The van der Waals surface area contributed by atoms with Crippen LogP contribution in [-0.4, -0.2) is 45.3 Å². The summed E-state index contributed by atoms with van der Waals surface area (Å²) < 4.78 is 15.4. The number of amides is 1. The van der Waals surface area contributed by atoms with Crippen LogP contribution in [0, 0.1) is 9.39 Å². The third-order valence-electron chi connectivity index (χ3n) is 4.87. The highest BCUT2D eigenvalue weighted by Crippen LogP contribution is 2.32. The van der Waals surface area contributed by atoms with Crippen LogP contribution < -0.4 is 10.6 Å². The summed E-state index contributed by atoms with van der Waals surface area (Å²) in [4.78, 5) is 21.2. The fourth-order valence-corrected chi connectivity index (χ4v) is 3.61. The Morgan fingerprint density at radius 3 is 2.56 bits per heavy atom. The van der Waals surface area contributed by atoms with Crippen molar-refractivity contribution in [2.24, 2.45) is 0 Å². The molecule has 9 heteroatoms. The number of carbonyl (C=O) groups is 1. The number of nitrogens with zero attached hydrogens (tertiary/aromatic N) is 2. The van der Waals surface area contributed by atoms with Gasteiger partial charge in [0.25, 0.3) is 5.91 Å². The number of hydrogen-bond acceptors (Lipinski definition) is 6. The van der Waals surface area contributed by atoms with E-state index in [9.17, 15) is 19.4 Å². The Labute approximate surface area is 199 Å². The molecular weight excluding hydrogens is 526 g/mol. The second-order valence-electron chi connectivity index (χ2n) is 7.52. The molecule has 0 aliphatic rings. The molecule has 32 heavy (non-hydrogen) atoms. The molecule has 168 valence electrons. The fourth-order valence-electron chi connectivity index (χ4n) is 3.12. The number of carbonyl (C=O) groups excluding carboxylic acids is 1. The number of benzene rings is 1. The molecule has 2 aromatic heterocycles. The van der Waals surface area contributed by atoms with Crippen LogP contribution in [0.25, 0.3) is 11.3 Å². The number of aliphatic hydroxyl groups is 2. The summed E-state index contributed by atoms with van der Waals surface area (Å²) in [6.07, 6.45) is 4.65. The summed E-state index contributed by atoms with van der Waals surface area (Å²) in [5.41, 5.74) is 3.16. The van der Waals surface area contributed by atoms with Crippen LogP contribution >= 0.6 is 22.6 Å².